The number of carbonyl (C=O) groups excluding carboxylic acids is 1. The van der Waals surface area contributed by atoms with Crippen LogP contribution in [0, 0.1) is 26.6 Å². The molecule has 0 aliphatic heterocycles. The monoisotopic (exact) mass is 304 g/mol. The van der Waals surface area contributed by atoms with E-state index in [0.29, 0.717) is 11.4 Å². The SMILES string of the molecule is Cc1cc(C)c(CC(=O)Cc2c(F)cccc2Cl)c(C)c1. The van der Waals surface area contributed by atoms with Gasteiger partial charge in [-0.05, 0) is 49.6 Å². The van der Waals surface area contributed by atoms with Crippen LogP contribution in [0.4, 0.5) is 4.39 Å². The average Bonchev–Trinajstić information content (AvgIpc) is 2.38. The van der Waals surface area contributed by atoms with Gasteiger partial charge in [0.1, 0.15) is 11.6 Å². The molecule has 2 aromatic carbocycles. The van der Waals surface area contributed by atoms with E-state index in [0.717, 1.165) is 16.7 Å². The molecule has 1 nitrogen and oxygen atoms in total. The van der Waals surface area contributed by atoms with Crippen LogP contribution in [0.3, 0.4) is 0 Å². The first-order valence-electron chi connectivity index (χ1n) is 6.90. The van der Waals surface area contributed by atoms with Crippen LogP contribution in [0.1, 0.15) is 27.8 Å². The quantitative estimate of drug-likeness (QED) is 0.796. The maximum Gasteiger partial charge on any atom is 0.141 e. The first kappa shape index (κ1) is 15.7. The predicted octanol–water partition coefficient (Wildman–Crippen LogP) is 4.76. The van der Waals surface area contributed by atoms with E-state index in [1.807, 2.05) is 20.8 Å². The van der Waals surface area contributed by atoms with Crippen LogP contribution < -0.4 is 0 Å². The van der Waals surface area contributed by atoms with Gasteiger partial charge in [0.15, 0.2) is 0 Å². The fraction of sp³-hybridized carbons (Fsp3) is 0.278. The summed E-state index contributed by atoms with van der Waals surface area (Å²) < 4.78 is 13.7. The minimum Gasteiger partial charge on any atom is -0.299 e. The fourth-order valence-corrected chi connectivity index (χ4v) is 2.88. The minimum absolute atomic E-state index is 0.0261. The van der Waals surface area contributed by atoms with E-state index in [1.165, 1.54) is 11.6 Å². The zero-order valence-corrected chi connectivity index (χ0v) is 13.2. The second kappa shape index (κ2) is 6.40. The van der Waals surface area contributed by atoms with Gasteiger partial charge in [-0.25, -0.2) is 4.39 Å². The number of ketones is 1. The van der Waals surface area contributed by atoms with Crippen molar-refractivity contribution in [2.24, 2.45) is 0 Å². The Morgan fingerprint density at radius 1 is 1.05 bits per heavy atom. The third kappa shape index (κ3) is 3.70. The van der Waals surface area contributed by atoms with Crippen LogP contribution in [0.25, 0.3) is 0 Å². The number of carbonyl (C=O) groups is 1. The summed E-state index contributed by atoms with van der Waals surface area (Å²) in [5.41, 5.74) is 4.68. The van der Waals surface area contributed by atoms with Gasteiger partial charge in [0.25, 0.3) is 0 Å². The Balaban J connectivity index is 2.20. The Morgan fingerprint density at radius 2 is 1.62 bits per heavy atom. The second-order valence-corrected chi connectivity index (χ2v) is 5.88. The molecule has 0 unspecified atom stereocenters. The molecule has 0 saturated heterocycles. The van der Waals surface area contributed by atoms with Gasteiger partial charge in [-0.3, -0.25) is 4.79 Å². The molecule has 2 rings (SSSR count). The average molecular weight is 305 g/mol. The summed E-state index contributed by atoms with van der Waals surface area (Å²) in [7, 11) is 0. The molecule has 21 heavy (non-hydrogen) atoms. The van der Waals surface area contributed by atoms with Gasteiger partial charge in [0, 0.05) is 23.4 Å². The highest BCUT2D eigenvalue weighted by Gasteiger charge is 2.14. The van der Waals surface area contributed by atoms with E-state index in [4.69, 9.17) is 11.6 Å². The summed E-state index contributed by atoms with van der Waals surface area (Å²) in [6.45, 7) is 6.03. The Hall–Kier alpha value is -1.67. The van der Waals surface area contributed by atoms with Crippen molar-refractivity contribution in [3.63, 3.8) is 0 Å². The summed E-state index contributed by atoms with van der Waals surface area (Å²) in [5.74, 6) is -0.453. The summed E-state index contributed by atoms with van der Waals surface area (Å²) in [5, 5.41) is 0.306. The first-order chi connectivity index (χ1) is 9.88. The molecule has 0 N–H and O–H groups in total. The van der Waals surface area contributed by atoms with Crippen molar-refractivity contribution >= 4 is 17.4 Å². The van der Waals surface area contributed by atoms with E-state index in [2.05, 4.69) is 12.1 Å². The van der Waals surface area contributed by atoms with Crippen LogP contribution in [0.5, 0.6) is 0 Å². The zero-order chi connectivity index (χ0) is 15.6. The van der Waals surface area contributed by atoms with Gasteiger partial charge in [-0.1, -0.05) is 35.4 Å². The van der Waals surface area contributed by atoms with E-state index >= 15 is 0 Å². The Kier molecular flexibility index (Phi) is 4.79. The van der Waals surface area contributed by atoms with Crippen LogP contribution in [-0.2, 0) is 17.6 Å². The lowest BCUT2D eigenvalue weighted by molar-refractivity contribution is -0.117. The van der Waals surface area contributed by atoms with E-state index in [-0.39, 0.29) is 17.8 Å². The van der Waals surface area contributed by atoms with Gasteiger partial charge in [0.05, 0.1) is 0 Å². The number of hydrogen-bond donors (Lipinski definition) is 0. The molecule has 0 saturated carbocycles. The lowest BCUT2D eigenvalue weighted by Gasteiger charge is -2.11. The van der Waals surface area contributed by atoms with E-state index < -0.39 is 5.82 Å². The van der Waals surface area contributed by atoms with Crippen molar-refractivity contribution in [1.29, 1.82) is 0 Å². The maximum atomic E-state index is 13.7. The third-order valence-corrected chi connectivity index (χ3v) is 4.00. The van der Waals surface area contributed by atoms with Gasteiger partial charge in [-0.15, -0.1) is 0 Å². The highest BCUT2D eigenvalue weighted by atomic mass is 35.5. The first-order valence-corrected chi connectivity index (χ1v) is 7.27. The van der Waals surface area contributed by atoms with Crippen LogP contribution in [0.15, 0.2) is 30.3 Å². The summed E-state index contributed by atoms with van der Waals surface area (Å²) >= 11 is 5.97. The molecule has 0 bridgehead atoms. The van der Waals surface area contributed by atoms with Crippen molar-refractivity contribution in [2.75, 3.05) is 0 Å². The predicted molar refractivity (Wildman–Crippen MR) is 84.5 cm³/mol. The van der Waals surface area contributed by atoms with Crippen LogP contribution in [0.2, 0.25) is 5.02 Å². The minimum atomic E-state index is -0.423. The molecule has 110 valence electrons. The molecule has 2 aromatic rings. The number of aryl methyl sites for hydroxylation is 3. The summed E-state index contributed by atoms with van der Waals surface area (Å²) in [6, 6.07) is 8.60. The van der Waals surface area contributed by atoms with Gasteiger partial charge in [-0.2, -0.15) is 0 Å². The lowest BCUT2D eigenvalue weighted by atomic mass is 9.94. The molecule has 0 fully saturated rings. The molecule has 0 atom stereocenters. The molecule has 0 radical (unpaired) electrons. The molecule has 3 heteroatoms. The van der Waals surface area contributed by atoms with E-state index in [9.17, 15) is 9.18 Å². The van der Waals surface area contributed by atoms with Crippen molar-refractivity contribution in [3.05, 3.63) is 69.0 Å². The summed E-state index contributed by atoms with van der Waals surface area (Å²) in [6.07, 6.45) is 0.334. The van der Waals surface area contributed by atoms with Crippen molar-refractivity contribution in [3.8, 4) is 0 Å². The van der Waals surface area contributed by atoms with Crippen molar-refractivity contribution in [1.82, 2.24) is 0 Å². The number of halogens is 2. The topological polar surface area (TPSA) is 17.1 Å². The maximum absolute atomic E-state index is 13.7. The largest absolute Gasteiger partial charge is 0.299 e. The van der Waals surface area contributed by atoms with Gasteiger partial charge < -0.3 is 0 Å². The smallest absolute Gasteiger partial charge is 0.141 e. The third-order valence-electron chi connectivity index (χ3n) is 3.65. The standard InChI is InChI=1S/C18H18ClFO/c1-11-7-12(2)15(13(3)8-11)9-14(21)10-16-17(19)5-4-6-18(16)20/h4-8H,9-10H2,1-3H3. The van der Waals surface area contributed by atoms with E-state index in [1.54, 1.807) is 12.1 Å². The number of Topliss-reactive ketones (excluding diaryl/α,β-unsaturated/α-hetero) is 1. The summed E-state index contributed by atoms with van der Waals surface area (Å²) in [4.78, 5) is 12.3. The highest BCUT2D eigenvalue weighted by molar-refractivity contribution is 6.31. The number of hydrogen-bond acceptors (Lipinski definition) is 1. The number of benzene rings is 2. The molecule has 0 aromatic heterocycles. The molecule has 0 spiro atoms. The van der Waals surface area contributed by atoms with Crippen LogP contribution >= 0.6 is 11.6 Å². The highest BCUT2D eigenvalue weighted by Crippen LogP contribution is 2.22. The Bertz CT molecular complexity index is 648. The molecule has 0 heterocycles. The van der Waals surface area contributed by atoms with Crippen LogP contribution in [-0.4, -0.2) is 5.78 Å². The normalized spacial score (nSPS) is 10.7. The molecule has 0 amide bonds. The van der Waals surface area contributed by atoms with Gasteiger partial charge in [0.2, 0.25) is 0 Å². The van der Waals surface area contributed by atoms with Gasteiger partial charge >= 0.3 is 0 Å². The lowest BCUT2D eigenvalue weighted by Crippen LogP contribution is -2.10. The Morgan fingerprint density at radius 3 is 2.19 bits per heavy atom. The zero-order valence-electron chi connectivity index (χ0n) is 12.5. The number of rotatable bonds is 4. The molecule has 0 aliphatic rings. The Labute approximate surface area is 129 Å². The molecular weight excluding hydrogens is 287 g/mol. The van der Waals surface area contributed by atoms with Crippen molar-refractivity contribution in [2.45, 2.75) is 33.6 Å². The van der Waals surface area contributed by atoms with Crippen molar-refractivity contribution < 1.29 is 9.18 Å². The molecule has 0 aliphatic carbocycles. The second-order valence-electron chi connectivity index (χ2n) is 5.47. The molecular formula is C18H18ClFO. The fourth-order valence-electron chi connectivity index (χ4n) is 2.65.